The minimum absolute atomic E-state index is 0.0596. The standard InChI is InChI=1S/C29H42N6O4/c1-18(2)34(15-6-13-32-28(38)33-20-9-7-19(8-10-20)29(3,4)5)17-23-24(36)25(37)27(39-23)35-16-12-21-22(30)11-14-31-26(21)35/h7-12,14,16,18,23-25,27,36-37H,6,13,15,17H2,1-5H3,(H2,30,31)(H2,32,33,38)/t23?,24-,25-,27?/m1/s1. The van der Waals surface area contributed by atoms with Crippen LogP contribution in [0.2, 0.25) is 0 Å². The molecule has 10 nitrogen and oxygen atoms in total. The summed E-state index contributed by atoms with van der Waals surface area (Å²) in [5, 5.41) is 28.2. The molecule has 10 heteroatoms. The number of ether oxygens (including phenoxy) is 1. The molecule has 0 radical (unpaired) electrons. The van der Waals surface area contributed by atoms with Crippen molar-refractivity contribution in [2.45, 2.75) is 77.0 Å². The number of nitrogens with one attached hydrogen (secondary N) is 2. The number of pyridine rings is 1. The van der Waals surface area contributed by atoms with E-state index in [9.17, 15) is 15.0 Å². The van der Waals surface area contributed by atoms with Crippen molar-refractivity contribution in [3.05, 3.63) is 54.4 Å². The highest BCUT2D eigenvalue weighted by Crippen LogP contribution is 2.33. The smallest absolute Gasteiger partial charge is 0.319 e. The van der Waals surface area contributed by atoms with Crippen molar-refractivity contribution in [1.82, 2.24) is 19.8 Å². The summed E-state index contributed by atoms with van der Waals surface area (Å²) in [5.41, 5.74) is 9.26. The van der Waals surface area contributed by atoms with Gasteiger partial charge in [-0.2, -0.15) is 0 Å². The Kier molecular flexibility index (Phi) is 8.80. The molecule has 1 aliphatic heterocycles. The molecule has 1 fully saturated rings. The third-order valence-corrected chi connectivity index (χ3v) is 7.32. The molecule has 2 aromatic heterocycles. The molecule has 1 saturated heterocycles. The van der Waals surface area contributed by atoms with E-state index in [1.54, 1.807) is 23.0 Å². The van der Waals surface area contributed by atoms with E-state index < -0.39 is 24.5 Å². The number of aromatic nitrogens is 2. The molecular weight excluding hydrogens is 496 g/mol. The number of aliphatic hydroxyl groups is 2. The summed E-state index contributed by atoms with van der Waals surface area (Å²) in [4.78, 5) is 18.9. The maximum atomic E-state index is 12.4. The normalized spacial score (nSPS) is 21.7. The van der Waals surface area contributed by atoms with E-state index in [1.165, 1.54) is 5.56 Å². The topological polar surface area (TPSA) is 138 Å². The number of carbonyl (C=O) groups is 1. The van der Waals surface area contributed by atoms with Gasteiger partial charge in [-0.3, -0.25) is 4.90 Å². The van der Waals surface area contributed by atoms with Gasteiger partial charge in [0.05, 0.1) is 0 Å². The molecular formula is C29H42N6O4. The largest absolute Gasteiger partial charge is 0.398 e. The number of urea groups is 1. The summed E-state index contributed by atoms with van der Waals surface area (Å²) in [5.74, 6) is 0. The zero-order valence-corrected chi connectivity index (χ0v) is 23.5. The Morgan fingerprint density at radius 2 is 1.87 bits per heavy atom. The number of nitrogens with zero attached hydrogens (tertiary/aromatic N) is 3. The molecule has 4 atom stereocenters. The minimum Gasteiger partial charge on any atom is -0.398 e. The summed E-state index contributed by atoms with van der Waals surface area (Å²) < 4.78 is 7.88. The van der Waals surface area contributed by atoms with Crippen molar-refractivity contribution >= 4 is 28.4 Å². The second kappa shape index (κ2) is 11.9. The van der Waals surface area contributed by atoms with E-state index in [0.717, 1.165) is 17.5 Å². The fourth-order valence-corrected chi connectivity index (χ4v) is 4.90. The van der Waals surface area contributed by atoms with Crippen LogP contribution in [0.4, 0.5) is 16.2 Å². The van der Waals surface area contributed by atoms with Crippen molar-refractivity contribution in [2.75, 3.05) is 30.7 Å². The van der Waals surface area contributed by atoms with Crippen LogP contribution in [-0.4, -0.2) is 74.7 Å². The average Bonchev–Trinajstić information content (AvgIpc) is 3.42. The van der Waals surface area contributed by atoms with Crippen molar-refractivity contribution < 1.29 is 19.7 Å². The van der Waals surface area contributed by atoms with Crippen molar-refractivity contribution in [3.63, 3.8) is 0 Å². The van der Waals surface area contributed by atoms with Gasteiger partial charge in [-0.15, -0.1) is 0 Å². The molecule has 1 aliphatic rings. The van der Waals surface area contributed by atoms with E-state index in [2.05, 4.69) is 55.1 Å². The van der Waals surface area contributed by atoms with Crippen molar-refractivity contribution in [1.29, 1.82) is 0 Å². The number of nitrogen functional groups attached to an aromatic ring is 1. The van der Waals surface area contributed by atoms with E-state index in [4.69, 9.17) is 10.5 Å². The number of anilines is 2. The molecule has 212 valence electrons. The highest BCUT2D eigenvalue weighted by Gasteiger charge is 2.44. The lowest BCUT2D eigenvalue weighted by molar-refractivity contribution is -0.0465. The number of amides is 2. The second-order valence-corrected chi connectivity index (χ2v) is 11.6. The van der Waals surface area contributed by atoms with E-state index >= 15 is 0 Å². The van der Waals surface area contributed by atoms with Crippen LogP contribution in [0.1, 0.15) is 52.8 Å². The molecule has 0 saturated carbocycles. The van der Waals surface area contributed by atoms with Gasteiger partial charge >= 0.3 is 6.03 Å². The van der Waals surface area contributed by atoms with Crippen molar-refractivity contribution in [2.24, 2.45) is 0 Å². The number of hydrogen-bond acceptors (Lipinski definition) is 7. The van der Waals surface area contributed by atoms with Crippen LogP contribution in [0.3, 0.4) is 0 Å². The fourth-order valence-electron chi connectivity index (χ4n) is 4.90. The SMILES string of the molecule is CC(C)N(CCCNC(=O)Nc1ccc(C(C)(C)C)cc1)CC1OC(n2ccc3c(N)ccnc32)[C@H](O)[C@@H]1O. The van der Waals surface area contributed by atoms with Gasteiger partial charge in [0.1, 0.15) is 24.0 Å². The van der Waals surface area contributed by atoms with Gasteiger partial charge in [-0.25, -0.2) is 9.78 Å². The number of aliphatic hydroxyl groups excluding tert-OH is 2. The van der Waals surface area contributed by atoms with Gasteiger partial charge in [0, 0.05) is 54.8 Å². The van der Waals surface area contributed by atoms with Crippen molar-refractivity contribution in [3.8, 4) is 0 Å². The van der Waals surface area contributed by atoms with Gasteiger partial charge in [0.2, 0.25) is 0 Å². The van der Waals surface area contributed by atoms with Crippen LogP contribution >= 0.6 is 0 Å². The third-order valence-electron chi connectivity index (χ3n) is 7.32. The summed E-state index contributed by atoms with van der Waals surface area (Å²) in [6.45, 7) is 12.2. The predicted octanol–water partition coefficient (Wildman–Crippen LogP) is 3.46. The zero-order valence-electron chi connectivity index (χ0n) is 23.5. The molecule has 0 spiro atoms. The van der Waals surface area contributed by atoms with Crippen LogP contribution in [-0.2, 0) is 10.2 Å². The maximum absolute atomic E-state index is 12.4. The number of nitrogens with two attached hydrogens (primary N) is 1. The van der Waals surface area contributed by atoms with E-state index in [1.807, 2.05) is 30.3 Å². The molecule has 3 heterocycles. The lowest BCUT2D eigenvalue weighted by atomic mass is 9.87. The lowest BCUT2D eigenvalue weighted by Crippen LogP contribution is -2.44. The number of rotatable bonds is 9. The number of carbonyl (C=O) groups excluding carboxylic acids is 1. The molecule has 0 bridgehead atoms. The minimum atomic E-state index is -1.11. The Hall–Kier alpha value is -3.18. The Bertz CT molecular complexity index is 1250. The van der Waals surface area contributed by atoms with Crippen LogP contribution < -0.4 is 16.4 Å². The molecule has 2 amide bonds. The Morgan fingerprint density at radius 3 is 2.54 bits per heavy atom. The predicted molar refractivity (Wildman–Crippen MR) is 154 cm³/mol. The summed E-state index contributed by atoms with van der Waals surface area (Å²) >= 11 is 0. The monoisotopic (exact) mass is 538 g/mol. The summed E-state index contributed by atoms with van der Waals surface area (Å²) in [6.07, 6.45) is 0.587. The lowest BCUT2D eigenvalue weighted by Gasteiger charge is -2.30. The first-order chi connectivity index (χ1) is 18.5. The molecule has 39 heavy (non-hydrogen) atoms. The Morgan fingerprint density at radius 1 is 1.15 bits per heavy atom. The number of fused-ring (bicyclic) bond motifs is 1. The quantitative estimate of drug-likeness (QED) is 0.263. The van der Waals surface area contributed by atoms with Crippen LogP contribution in [0.15, 0.2) is 48.8 Å². The van der Waals surface area contributed by atoms with Gasteiger partial charge in [-0.1, -0.05) is 32.9 Å². The van der Waals surface area contributed by atoms with Gasteiger partial charge in [0.15, 0.2) is 6.23 Å². The third kappa shape index (κ3) is 6.70. The van der Waals surface area contributed by atoms with Crippen LogP contribution in [0, 0.1) is 0 Å². The first kappa shape index (κ1) is 28.8. The average molecular weight is 539 g/mol. The number of benzene rings is 1. The van der Waals surface area contributed by atoms with Gasteiger partial charge in [-0.05, 0) is 55.5 Å². The second-order valence-electron chi connectivity index (χ2n) is 11.6. The molecule has 4 rings (SSSR count). The Balaban J connectivity index is 1.27. The summed E-state index contributed by atoms with van der Waals surface area (Å²) in [6, 6.07) is 11.4. The first-order valence-corrected chi connectivity index (χ1v) is 13.6. The van der Waals surface area contributed by atoms with Crippen LogP contribution in [0.5, 0.6) is 0 Å². The maximum Gasteiger partial charge on any atom is 0.319 e. The highest BCUT2D eigenvalue weighted by atomic mass is 16.6. The zero-order chi connectivity index (χ0) is 28.3. The first-order valence-electron chi connectivity index (χ1n) is 13.6. The van der Waals surface area contributed by atoms with E-state index in [-0.39, 0.29) is 17.5 Å². The Labute approximate surface area is 230 Å². The van der Waals surface area contributed by atoms with Gasteiger partial charge < -0.3 is 35.9 Å². The van der Waals surface area contributed by atoms with Gasteiger partial charge in [0.25, 0.3) is 0 Å². The highest BCUT2D eigenvalue weighted by molar-refractivity contribution is 5.89. The molecule has 0 aliphatic carbocycles. The van der Waals surface area contributed by atoms with E-state index in [0.29, 0.717) is 31.0 Å². The molecule has 2 unspecified atom stereocenters. The molecule has 3 aromatic rings. The number of hydrogen-bond donors (Lipinski definition) is 5. The molecule has 1 aromatic carbocycles. The molecule has 6 N–H and O–H groups in total. The fraction of sp³-hybridized carbons (Fsp3) is 0.517. The summed E-state index contributed by atoms with van der Waals surface area (Å²) in [7, 11) is 0. The van der Waals surface area contributed by atoms with Crippen LogP contribution in [0.25, 0.3) is 11.0 Å².